The molecule has 1 aliphatic rings. The van der Waals surface area contributed by atoms with Crippen LogP contribution >= 0.6 is 22.6 Å². The summed E-state index contributed by atoms with van der Waals surface area (Å²) in [6.07, 6.45) is 3.49. The first-order chi connectivity index (χ1) is 14.0. The number of ether oxygens (including phenoxy) is 2. The predicted molar refractivity (Wildman–Crippen MR) is 123 cm³/mol. The van der Waals surface area contributed by atoms with E-state index in [1.54, 1.807) is 4.90 Å². The summed E-state index contributed by atoms with van der Waals surface area (Å²) in [5, 5.41) is 1.10. The molecule has 0 N–H and O–H groups in total. The van der Waals surface area contributed by atoms with Crippen LogP contribution in [0.3, 0.4) is 0 Å². The zero-order valence-electron chi connectivity index (χ0n) is 16.7. The van der Waals surface area contributed by atoms with Gasteiger partial charge in [-0.05, 0) is 78.9 Å². The number of aromatic nitrogens is 1. The molecule has 6 heteroatoms. The second kappa shape index (κ2) is 8.65. The quantitative estimate of drug-likeness (QED) is 0.433. The topological polar surface area (TPSA) is 43.7 Å². The van der Waals surface area contributed by atoms with Crippen LogP contribution in [0, 0.1) is 3.57 Å². The summed E-state index contributed by atoms with van der Waals surface area (Å²) in [4.78, 5) is 13.8. The van der Waals surface area contributed by atoms with E-state index in [4.69, 9.17) is 9.47 Å². The van der Waals surface area contributed by atoms with Crippen LogP contribution in [0.4, 0.5) is 4.79 Å². The lowest BCUT2D eigenvalue weighted by molar-refractivity contribution is 0.0520. The highest BCUT2D eigenvalue weighted by Gasteiger charge is 2.25. The van der Waals surface area contributed by atoms with Crippen molar-refractivity contribution in [1.82, 2.24) is 9.47 Å². The molecule has 1 aromatic heterocycles. The third-order valence-electron chi connectivity index (χ3n) is 5.13. The smallest absolute Gasteiger partial charge is 0.410 e. The normalized spacial score (nSPS) is 15.1. The molecule has 0 spiro atoms. The minimum atomic E-state index is -0.227. The SMILES string of the molecule is CC(C)OC(=O)N1CCC(Oc2cccc3c2ccn3-c2ccc(I)cc2)CC1. The molecule has 0 aliphatic carbocycles. The molecule has 3 aromatic rings. The fourth-order valence-electron chi connectivity index (χ4n) is 3.68. The van der Waals surface area contributed by atoms with Crippen molar-refractivity contribution in [2.24, 2.45) is 0 Å². The number of hydrogen-bond acceptors (Lipinski definition) is 3. The molecule has 1 aliphatic heterocycles. The number of carbonyl (C=O) groups is 1. The molecule has 152 valence electrons. The summed E-state index contributed by atoms with van der Waals surface area (Å²) in [7, 11) is 0. The Balaban J connectivity index is 1.47. The first-order valence-corrected chi connectivity index (χ1v) is 11.1. The fraction of sp³-hybridized carbons (Fsp3) is 0.348. The van der Waals surface area contributed by atoms with Crippen LogP contribution in [-0.2, 0) is 4.74 Å². The minimum Gasteiger partial charge on any atom is -0.490 e. The van der Waals surface area contributed by atoms with E-state index >= 15 is 0 Å². The van der Waals surface area contributed by atoms with Crippen LogP contribution in [0.15, 0.2) is 54.7 Å². The lowest BCUT2D eigenvalue weighted by Crippen LogP contribution is -2.42. The summed E-state index contributed by atoms with van der Waals surface area (Å²) in [6.45, 7) is 5.07. The number of hydrogen-bond donors (Lipinski definition) is 0. The Bertz CT molecular complexity index is 989. The maximum absolute atomic E-state index is 12.1. The molecule has 0 saturated carbocycles. The summed E-state index contributed by atoms with van der Waals surface area (Å²) in [6, 6.07) is 16.8. The Hall–Kier alpha value is -2.22. The number of nitrogens with zero attached hydrogens (tertiary/aromatic N) is 2. The lowest BCUT2D eigenvalue weighted by atomic mass is 10.1. The Kier molecular flexibility index (Phi) is 5.99. The number of fused-ring (bicyclic) bond motifs is 1. The number of rotatable bonds is 4. The molecule has 0 bridgehead atoms. The van der Waals surface area contributed by atoms with Crippen molar-refractivity contribution in [3.05, 3.63) is 58.3 Å². The molecular formula is C23H25IN2O3. The van der Waals surface area contributed by atoms with Gasteiger partial charge in [0.05, 0.1) is 11.6 Å². The van der Waals surface area contributed by atoms with Crippen molar-refractivity contribution in [3.63, 3.8) is 0 Å². The second-order valence-corrected chi connectivity index (χ2v) is 8.83. The number of piperidine rings is 1. The maximum atomic E-state index is 12.1. The van der Waals surface area contributed by atoms with Gasteiger partial charge in [-0.1, -0.05) is 6.07 Å². The number of amides is 1. The molecule has 0 radical (unpaired) electrons. The molecule has 0 unspecified atom stereocenters. The molecular weight excluding hydrogens is 479 g/mol. The standard InChI is InChI=1S/C23H25IN2O3/c1-16(2)28-23(27)25-13-10-19(11-14-25)29-22-5-3-4-21-20(22)12-15-26(21)18-8-6-17(24)7-9-18/h3-9,12,15-16,19H,10-11,13-14H2,1-2H3. The first kappa shape index (κ1) is 20.1. The van der Waals surface area contributed by atoms with Gasteiger partial charge in [0.25, 0.3) is 0 Å². The monoisotopic (exact) mass is 504 g/mol. The van der Waals surface area contributed by atoms with Gasteiger partial charge >= 0.3 is 6.09 Å². The molecule has 29 heavy (non-hydrogen) atoms. The lowest BCUT2D eigenvalue weighted by Gasteiger charge is -2.32. The third-order valence-corrected chi connectivity index (χ3v) is 5.85. The summed E-state index contributed by atoms with van der Waals surface area (Å²) in [5.74, 6) is 0.898. The average molecular weight is 504 g/mol. The van der Waals surface area contributed by atoms with Crippen LogP contribution < -0.4 is 4.74 Å². The molecule has 1 saturated heterocycles. The van der Waals surface area contributed by atoms with E-state index in [0.29, 0.717) is 13.1 Å². The van der Waals surface area contributed by atoms with E-state index in [-0.39, 0.29) is 18.3 Å². The van der Waals surface area contributed by atoms with E-state index in [1.807, 2.05) is 26.0 Å². The predicted octanol–water partition coefficient (Wildman–Crippen LogP) is 5.62. The zero-order valence-corrected chi connectivity index (χ0v) is 18.8. The minimum absolute atomic E-state index is 0.0915. The Morgan fingerprint density at radius 3 is 2.48 bits per heavy atom. The summed E-state index contributed by atoms with van der Waals surface area (Å²) < 4.78 is 15.1. The van der Waals surface area contributed by atoms with Crippen molar-refractivity contribution in [2.75, 3.05) is 13.1 Å². The van der Waals surface area contributed by atoms with Gasteiger partial charge in [0.1, 0.15) is 11.9 Å². The van der Waals surface area contributed by atoms with E-state index in [9.17, 15) is 4.79 Å². The number of benzene rings is 2. The van der Waals surface area contributed by atoms with E-state index in [1.165, 1.54) is 3.57 Å². The van der Waals surface area contributed by atoms with Gasteiger partial charge in [-0.3, -0.25) is 0 Å². The second-order valence-electron chi connectivity index (χ2n) is 7.59. The zero-order chi connectivity index (χ0) is 20.4. The van der Waals surface area contributed by atoms with Gasteiger partial charge in [-0.15, -0.1) is 0 Å². The maximum Gasteiger partial charge on any atom is 0.410 e. The summed E-state index contributed by atoms with van der Waals surface area (Å²) >= 11 is 2.32. The van der Waals surface area contributed by atoms with Gasteiger partial charge in [0, 0.05) is 46.8 Å². The number of halogens is 1. The van der Waals surface area contributed by atoms with Crippen LogP contribution in [0.25, 0.3) is 16.6 Å². The Morgan fingerprint density at radius 1 is 1.07 bits per heavy atom. The van der Waals surface area contributed by atoms with Crippen molar-refractivity contribution in [3.8, 4) is 11.4 Å². The molecule has 2 heterocycles. The van der Waals surface area contributed by atoms with Crippen LogP contribution in [-0.4, -0.2) is 40.9 Å². The Morgan fingerprint density at radius 2 is 1.79 bits per heavy atom. The van der Waals surface area contributed by atoms with Crippen molar-refractivity contribution in [1.29, 1.82) is 0 Å². The Labute approximate surface area is 184 Å². The number of likely N-dealkylation sites (tertiary alicyclic amines) is 1. The highest BCUT2D eigenvalue weighted by molar-refractivity contribution is 14.1. The van der Waals surface area contributed by atoms with Crippen molar-refractivity contribution < 1.29 is 14.3 Å². The van der Waals surface area contributed by atoms with E-state index in [0.717, 1.165) is 35.2 Å². The fourth-order valence-corrected chi connectivity index (χ4v) is 4.04. The molecule has 2 aromatic carbocycles. The number of carbonyl (C=O) groups excluding carboxylic acids is 1. The van der Waals surface area contributed by atoms with E-state index < -0.39 is 0 Å². The molecule has 1 amide bonds. The van der Waals surface area contributed by atoms with Gasteiger partial charge in [0.15, 0.2) is 0 Å². The third kappa shape index (κ3) is 4.52. The van der Waals surface area contributed by atoms with Crippen LogP contribution in [0.2, 0.25) is 0 Å². The molecule has 0 atom stereocenters. The van der Waals surface area contributed by atoms with Gasteiger partial charge in [-0.2, -0.15) is 0 Å². The highest BCUT2D eigenvalue weighted by atomic mass is 127. The summed E-state index contributed by atoms with van der Waals surface area (Å²) in [5.41, 5.74) is 2.26. The largest absolute Gasteiger partial charge is 0.490 e. The van der Waals surface area contributed by atoms with Crippen molar-refractivity contribution >= 4 is 39.6 Å². The average Bonchev–Trinajstić information content (AvgIpc) is 3.14. The van der Waals surface area contributed by atoms with Gasteiger partial charge in [0.2, 0.25) is 0 Å². The first-order valence-electron chi connectivity index (χ1n) is 9.99. The van der Waals surface area contributed by atoms with Crippen LogP contribution in [0.5, 0.6) is 5.75 Å². The van der Waals surface area contributed by atoms with Gasteiger partial charge in [-0.25, -0.2) is 4.79 Å². The van der Waals surface area contributed by atoms with E-state index in [2.05, 4.69) is 69.8 Å². The highest BCUT2D eigenvalue weighted by Crippen LogP contribution is 2.31. The molecule has 5 nitrogen and oxygen atoms in total. The van der Waals surface area contributed by atoms with Crippen molar-refractivity contribution in [2.45, 2.75) is 38.9 Å². The molecule has 1 fully saturated rings. The van der Waals surface area contributed by atoms with Gasteiger partial charge < -0.3 is 18.9 Å². The molecule has 4 rings (SSSR count). The van der Waals surface area contributed by atoms with Crippen LogP contribution in [0.1, 0.15) is 26.7 Å².